The third-order valence-electron chi connectivity index (χ3n) is 4.10. The Morgan fingerprint density at radius 3 is 2.48 bits per heavy atom. The van der Waals surface area contributed by atoms with Crippen molar-refractivity contribution in [3.05, 3.63) is 87.7 Å². The van der Waals surface area contributed by atoms with E-state index >= 15 is 0 Å². The molecule has 1 aromatic heterocycles. The second kappa shape index (κ2) is 10.5. The number of rotatable bonds is 7. The minimum atomic E-state index is -0.492. The first-order chi connectivity index (χ1) is 15.0. The molecule has 0 radical (unpaired) electrons. The summed E-state index contributed by atoms with van der Waals surface area (Å²) in [7, 11) is 0. The Kier molecular flexibility index (Phi) is 7.50. The predicted molar refractivity (Wildman–Crippen MR) is 121 cm³/mol. The molecule has 0 aliphatic heterocycles. The molecule has 1 N–H and O–H groups in total. The molecule has 0 unspecified atom stereocenters. The number of halogens is 1. The van der Waals surface area contributed by atoms with Gasteiger partial charge in [0.05, 0.1) is 23.9 Å². The number of nitrogens with one attached hydrogen (secondary N) is 1. The van der Waals surface area contributed by atoms with Crippen molar-refractivity contribution < 1.29 is 19.1 Å². The second-order valence-electron chi connectivity index (χ2n) is 6.42. The molecule has 0 atom stereocenters. The summed E-state index contributed by atoms with van der Waals surface area (Å²) < 4.78 is 12.0. The van der Waals surface area contributed by atoms with E-state index in [2.05, 4.69) is 31.4 Å². The van der Waals surface area contributed by atoms with Gasteiger partial charge in [-0.15, -0.1) is 0 Å². The maximum Gasteiger partial charge on any atom is 0.343 e. The summed E-state index contributed by atoms with van der Waals surface area (Å²) in [6.07, 6.45) is 2.96. The summed E-state index contributed by atoms with van der Waals surface area (Å²) in [5.74, 6) is -0.171. The zero-order chi connectivity index (χ0) is 22.2. The molecule has 7 nitrogen and oxygen atoms in total. The number of nitrogens with zero attached hydrogens (tertiary/aromatic N) is 2. The van der Waals surface area contributed by atoms with E-state index in [1.807, 2.05) is 13.8 Å². The Bertz CT molecular complexity index is 1100. The molecule has 1 amide bonds. The maximum atomic E-state index is 12.4. The Balaban J connectivity index is 1.69. The summed E-state index contributed by atoms with van der Waals surface area (Å²) in [6.45, 7) is 4.06. The molecule has 8 heteroatoms. The van der Waals surface area contributed by atoms with Gasteiger partial charge in [0.1, 0.15) is 0 Å². The predicted octanol–water partition coefficient (Wildman–Crippen LogP) is 4.53. The fraction of sp³-hybridized carbons (Fsp3) is 0.130. The highest BCUT2D eigenvalue weighted by Gasteiger charge is 2.13. The van der Waals surface area contributed by atoms with Crippen LogP contribution in [0.3, 0.4) is 0 Å². The maximum absolute atomic E-state index is 12.4. The van der Waals surface area contributed by atoms with E-state index in [-0.39, 0.29) is 5.91 Å². The van der Waals surface area contributed by atoms with Crippen LogP contribution in [0.1, 0.15) is 38.9 Å². The number of esters is 1. The minimum Gasteiger partial charge on any atom is -0.490 e. The van der Waals surface area contributed by atoms with E-state index in [0.717, 1.165) is 10.2 Å². The molecule has 0 saturated heterocycles. The lowest BCUT2D eigenvalue weighted by atomic mass is 10.2. The Hall–Kier alpha value is -3.52. The number of aryl methyl sites for hydroxylation is 1. The highest BCUT2D eigenvalue weighted by Crippen LogP contribution is 2.29. The van der Waals surface area contributed by atoms with Crippen LogP contribution in [0.25, 0.3) is 0 Å². The number of hydrogen-bond acceptors (Lipinski definition) is 6. The van der Waals surface area contributed by atoms with Crippen LogP contribution in [0.2, 0.25) is 0 Å². The van der Waals surface area contributed by atoms with Gasteiger partial charge in [-0.3, -0.25) is 9.78 Å². The average Bonchev–Trinajstić information content (AvgIpc) is 2.76. The van der Waals surface area contributed by atoms with E-state index in [0.29, 0.717) is 34.8 Å². The van der Waals surface area contributed by atoms with E-state index < -0.39 is 5.97 Å². The number of carbonyl (C=O) groups is 2. The summed E-state index contributed by atoms with van der Waals surface area (Å²) in [4.78, 5) is 28.6. The molecule has 158 valence electrons. The monoisotopic (exact) mass is 481 g/mol. The molecular weight excluding hydrogens is 462 g/mol. The largest absolute Gasteiger partial charge is 0.490 e. The number of hydrogen-bond donors (Lipinski definition) is 1. The van der Waals surface area contributed by atoms with Crippen molar-refractivity contribution in [2.75, 3.05) is 6.61 Å². The number of amides is 1. The third-order valence-corrected chi connectivity index (χ3v) is 4.63. The summed E-state index contributed by atoms with van der Waals surface area (Å²) in [5.41, 5.74) is 4.77. The van der Waals surface area contributed by atoms with Gasteiger partial charge in [-0.05, 0) is 74.0 Å². The highest BCUT2D eigenvalue weighted by molar-refractivity contribution is 9.10. The van der Waals surface area contributed by atoms with Crippen molar-refractivity contribution in [1.29, 1.82) is 0 Å². The molecule has 3 rings (SSSR count). The number of carbonyl (C=O) groups excluding carboxylic acids is 2. The van der Waals surface area contributed by atoms with Gasteiger partial charge in [0.25, 0.3) is 5.91 Å². The number of ether oxygens (including phenoxy) is 2. The molecule has 0 spiro atoms. The van der Waals surface area contributed by atoms with Gasteiger partial charge in [0.15, 0.2) is 11.5 Å². The van der Waals surface area contributed by atoms with Crippen LogP contribution in [0.4, 0.5) is 0 Å². The van der Waals surface area contributed by atoms with Crippen molar-refractivity contribution in [1.82, 2.24) is 10.4 Å². The number of pyridine rings is 1. The average molecular weight is 482 g/mol. The van der Waals surface area contributed by atoms with Crippen LogP contribution < -0.4 is 14.9 Å². The molecule has 0 aliphatic carbocycles. The molecular formula is C23H20BrN3O4. The van der Waals surface area contributed by atoms with Crippen molar-refractivity contribution in [2.24, 2.45) is 5.10 Å². The molecule has 3 aromatic rings. The zero-order valence-corrected chi connectivity index (χ0v) is 18.5. The van der Waals surface area contributed by atoms with Crippen molar-refractivity contribution >= 4 is 34.0 Å². The van der Waals surface area contributed by atoms with Gasteiger partial charge < -0.3 is 9.47 Å². The standard InChI is InChI=1S/C23H20BrN3O4/c1-3-30-21-12-16(13-26-27-22(28)18-6-4-15(2)25-14-18)5-11-20(21)31-23(29)17-7-9-19(24)10-8-17/h4-14H,3H2,1-2H3,(H,27,28). The van der Waals surface area contributed by atoms with Crippen molar-refractivity contribution in [3.8, 4) is 11.5 Å². The Labute approximate surface area is 188 Å². The minimum absolute atomic E-state index is 0.293. The first kappa shape index (κ1) is 22.2. The fourth-order valence-electron chi connectivity index (χ4n) is 2.53. The first-order valence-electron chi connectivity index (χ1n) is 9.47. The normalized spacial score (nSPS) is 10.7. The van der Waals surface area contributed by atoms with Gasteiger partial charge in [0, 0.05) is 16.4 Å². The van der Waals surface area contributed by atoms with E-state index in [4.69, 9.17) is 9.47 Å². The number of hydrazone groups is 1. The molecule has 0 bridgehead atoms. The zero-order valence-electron chi connectivity index (χ0n) is 17.0. The van der Waals surface area contributed by atoms with Gasteiger partial charge in [-0.1, -0.05) is 15.9 Å². The summed E-state index contributed by atoms with van der Waals surface area (Å²) in [5, 5.41) is 3.97. The summed E-state index contributed by atoms with van der Waals surface area (Å²) >= 11 is 3.33. The highest BCUT2D eigenvalue weighted by atomic mass is 79.9. The van der Waals surface area contributed by atoms with Gasteiger partial charge in [0.2, 0.25) is 0 Å². The second-order valence-corrected chi connectivity index (χ2v) is 7.34. The lowest BCUT2D eigenvalue weighted by molar-refractivity contribution is 0.0728. The lowest BCUT2D eigenvalue weighted by Gasteiger charge is -2.11. The number of aromatic nitrogens is 1. The Morgan fingerprint density at radius 1 is 1.06 bits per heavy atom. The van der Waals surface area contributed by atoms with Crippen LogP contribution in [-0.2, 0) is 0 Å². The number of benzene rings is 2. The van der Waals surface area contributed by atoms with E-state index in [1.165, 1.54) is 12.4 Å². The molecule has 31 heavy (non-hydrogen) atoms. The Morgan fingerprint density at radius 2 is 1.81 bits per heavy atom. The molecule has 0 saturated carbocycles. The van der Waals surface area contributed by atoms with Gasteiger partial charge >= 0.3 is 5.97 Å². The van der Waals surface area contributed by atoms with Crippen molar-refractivity contribution in [2.45, 2.75) is 13.8 Å². The van der Waals surface area contributed by atoms with Crippen LogP contribution in [-0.4, -0.2) is 29.7 Å². The van der Waals surface area contributed by atoms with Crippen LogP contribution in [0.15, 0.2) is 70.4 Å². The quantitative estimate of drug-likeness (QED) is 0.231. The van der Waals surface area contributed by atoms with Crippen LogP contribution in [0.5, 0.6) is 11.5 Å². The molecule has 0 aliphatic rings. The first-order valence-corrected chi connectivity index (χ1v) is 10.3. The molecule has 0 fully saturated rings. The molecule has 1 heterocycles. The lowest BCUT2D eigenvalue weighted by Crippen LogP contribution is -2.17. The summed E-state index contributed by atoms with van der Waals surface area (Å²) in [6, 6.07) is 15.3. The third kappa shape index (κ3) is 6.23. The van der Waals surface area contributed by atoms with E-state index in [1.54, 1.807) is 54.6 Å². The van der Waals surface area contributed by atoms with Gasteiger partial charge in [-0.2, -0.15) is 5.10 Å². The topological polar surface area (TPSA) is 89.9 Å². The SMILES string of the molecule is CCOc1cc(C=NNC(=O)c2ccc(C)nc2)ccc1OC(=O)c1ccc(Br)cc1. The smallest absolute Gasteiger partial charge is 0.343 e. The molecule has 2 aromatic carbocycles. The van der Waals surface area contributed by atoms with Crippen LogP contribution in [0, 0.1) is 6.92 Å². The van der Waals surface area contributed by atoms with Gasteiger partial charge in [-0.25, -0.2) is 10.2 Å². The van der Waals surface area contributed by atoms with Crippen molar-refractivity contribution in [3.63, 3.8) is 0 Å². The fourth-order valence-corrected chi connectivity index (χ4v) is 2.80. The van der Waals surface area contributed by atoms with Crippen LogP contribution >= 0.6 is 15.9 Å². The van der Waals surface area contributed by atoms with E-state index in [9.17, 15) is 9.59 Å².